The van der Waals surface area contributed by atoms with Gasteiger partial charge in [0.25, 0.3) is 0 Å². The van der Waals surface area contributed by atoms with E-state index in [9.17, 15) is 9.59 Å². The molecule has 0 radical (unpaired) electrons. The fourth-order valence-electron chi connectivity index (χ4n) is 1.26. The van der Waals surface area contributed by atoms with Crippen LogP contribution in [0.4, 0.5) is 5.69 Å². The zero-order chi connectivity index (χ0) is 13.0. The van der Waals surface area contributed by atoms with Crippen LogP contribution in [0.5, 0.6) is 5.75 Å². The summed E-state index contributed by atoms with van der Waals surface area (Å²) in [7, 11) is 4.12. The van der Waals surface area contributed by atoms with Crippen LogP contribution in [0, 0.1) is 0 Å². The van der Waals surface area contributed by atoms with E-state index in [4.69, 9.17) is 4.74 Å². The normalized spacial score (nSPS) is 9.65. The lowest BCUT2D eigenvalue weighted by Gasteiger charge is -2.18. The molecule has 1 aromatic rings. The summed E-state index contributed by atoms with van der Waals surface area (Å²) in [6.45, 7) is 0. The standard InChI is InChI=1S/C11H12BrNO4/c1-13(10(14)11(15)17-3)8-6-7(12)4-5-9(8)16-2/h4-6H,1-3H3. The summed E-state index contributed by atoms with van der Waals surface area (Å²) >= 11 is 3.29. The number of ether oxygens (including phenoxy) is 2. The Kier molecular flexibility index (Phi) is 4.51. The second-order valence-corrected chi connectivity index (χ2v) is 4.09. The molecule has 0 aromatic heterocycles. The van der Waals surface area contributed by atoms with E-state index in [2.05, 4.69) is 20.7 Å². The Labute approximate surface area is 107 Å². The third kappa shape index (κ3) is 2.97. The molecule has 92 valence electrons. The number of amides is 1. The Hall–Kier alpha value is -1.56. The molecule has 1 amide bonds. The van der Waals surface area contributed by atoms with Crippen LogP contribution >= 0.6 is 15.9 Å². The molecule has 0 aliphatic heterocycles. The predicted octanol–water partition coefficient (Wildman–Crippen LogP) is 1.59. The summed E-state index contributed by atoms with van der Waals surface area (Å²) in [5.41, 5.74) is 0.484. The lowest BCUT2D eigenvalue weighted by molar-refractivity contribution is -0.151. The van der Waals surface area contributed by atoms with Crippen LogP contribution in [0.1, 0.15) is 0 Å². The van der Waals surface area contributed by atoms with Crippen LogP contribution in [-0.2, 0) is 14.3 Å². The van der Waals surface area contributed by atoms with Gasteiger partial charge in [0, 0.05) is 11.5 Å². The van der Waals surface area contributed by atoms with Crippen molar-refractivity contribution in [3.63, 3.8) is 0 Å². The maximum atomic E-state index is 11.6. The number of methoxy groups -OCH3 is 2. The van der Waals surface area contributed by atoms with Gasteiger partial charge < -0.3 is 14.4 Å². The van der Waals surface area contributed by atoms with E-state index < -0.39 is 11.9 Å². The average Bonchev–Trinajstić information content (AvgIpc) is 2.35. The number of carbonyl (C=O) groups excluding carboxylic acids is 2. The molecule has 1 rings (SSSR count). The lowest BCUT2D eigenvalue weighted by atomic mass is 10.2. The van der Waals surface area contributed by atoms with Crippen molar-refractivity contribution in [3.05, 3.63) is 22.7 Å². The van der Waals surface area contributed by atoms with Crippen molar-refractivity contribution in [1.82, 2.24) is 0 Å². The number of carbonyl (C=O) groups is 2. The molecular weight excluding hydrogens is 290 g/mol. The van der Waals surface area contributed by atoms with Crippen LogP contribution in [0.2, 0.25) is 0 Å². The first kappa shape index (κ1) is 13.5. The van der Waals surface area contributed by atoms with E-state index in [1.165, 1.54) is 19.1 Å². The Bertz CT molecular complexity index is 447. The Morgan fingerprint density at radius 1 is 1.29 bits per heavy atom. The molecule has 1 aromatic carbocycles. The first-order valence-electron chi connectivity index (χ1n) is 4.70. The van der Waals surface area contributed by atoms with Gasteiger partial charge in [0.05, 0.1) is 19.9 Å². The van der Waals surface area contributed by atoms with E-state index in [0.717, 1.165) is 11.6 Å². The highest BCUT2D eigenvalue weighted by Crippen LogP contribution is 2.30. The maximum absolute atomic E-state index is 11.6. The maximum Gasteiger partial charge on any atom is 0.397 e. The van der Waals surface area contributed by atoms with E-state index >= 15 is 0 Å². The highest BCUT2D eigenvalue weighted by atomic mass is 79.9. The van der Waals surface area contributed by atoms with Crippen LogP contribution in [0.15, 0.2) is 22.7 Å². The van der Waals surface area contributed by atoms with Crippen molar-refractivity contribution in [3.8, 4) is 5.75 Å². The zero-order valence-corrected chi connectivity index (χ0v) is 11.3. The molecule has 0 aliphatic carbocycles. The third-order valence-corrected chi connectivity index (χ3v) is 2.66. The first-order chi connectivity index (χ1) is 8.01. The van der Waals surface area contributed by atoms with Crippen molar-refractivity contribution in [1.29, 1.82) is 0 Å². The number of hydrogen-bond donors (Lipinski definition) is 0. The second-order valence-electron chi connectivity index (χ2n) is 3.17. The van der Waals surface area contributed by atoms with Gasteiger partial charge in [-0.15, -0.1) is 0 Å². The summed E-state index contributed by atoms with van der Waals surface area (Å²) in [5, 5.41) is 0. The number of esters is 1. The van der Waals surface area contributed by atoms with E-state index in [0.29, 0.717) is 11.4 Å². The van der Waals surface area contributed by atoms with Gasteiger partial charge in [-0.05, 0) is 18.2 Å². The van der Waals surface area contributed by atoms with Crippen molar-refractivity contribution >= 4 is 33.5 Å². The molecule has 0 bridgehead atoms. The quantitative estimate of drug-likeness (QED) is 0.615. The molecule has 0 fully saturated rings. The van der Waals surface area contributed by atoms with Crippen molar-refractivity contribution in [2.75, 3.05) is 26.2 Å². The fourth-order valence-corrected chi connectivity index (χ4v) is 1.61. The molecule has 0 spiro atoms. The largest absolute Gasteiger partial charge is 0.495 e. The first-order valence-corrected chi connectivity index (χ1v) is 5.50. The molecule has 0 saturated heterocycles. The highest BCUT2D eigenvalue weighted by molar-refractivity contribution is 9.10. The summed E-state index contributed by atoms with van der Waals surface area (Å²) in [5.74, 6) is -1.19. The van der Waals surface area contributed by atoms with Gasteiger partial charge in [0.2, 0.25) is 0 Å². The molecule has 0 N–H and O–H groups in total. The SMILES string of the molecule is COC(=O)C(=O)N(C)c1cc(Br)ccc1OC. The van der Waals surface area contributed by atoms with Gasteiger partial charge in [-0.1, -0.05) is 15.9 Å². The number of anilines is 1. The van der Waals surface area contributed by atoms with Gasteiger partial charge in [-0.25, -0.2) is 4.79 Å². The Morgan fingerprint density at radius 2 is 1.94 bits per heavy atom. The predicted molar refractivity (Wildman–Crippen MR) is 66.1 cm³/mol. The van der Waals surface area contributed by atoms with Gasteiger partial charge in [-0.3, -0.25) is 4.79 Å². The average molecular weight is 302 g/mol. The van der Waals surface area contributed by atoms with E-state index in [1.54, 1.807) is 18.2 Å². The number of hydrogen-bond acceptors (Lipinski definition) is 4. The molecule has 6 heteroatoms. The summed E-state index contributed by atoms with van der Waals surface area (Å²) < 4.78 is 10.3. The fraction of sp³-hybridized carbons (Fsp3) is 0.273. The number of halogens is 1. The second kappa shape index (κ2) is 5.67. The molecule has 0 unspecified atom stereocenters. The number of nitrogens with zero attached hydrogens (tertiary/aromatic N) is 1. The van der Waals surface area contributed by atoms with Crippen LogP contribution in [0.25, 0.3) is 0 Å². The summed E-state index contributed by atoms with van der Waals surface area (Å²) in [4.78, 5) is 24.0. The molecule has 5 nitrogen and oxygen atoms in total. The van der Waals surface area contributed by atoms with E-state index in [-0.39, 0.29) is 0 Å². The zero-order valence-electron chi connectivity index (χ0n) is 9.69. The monoisotopic (exact) mass is 301 g/mol. The lowest BCUT2D eigenvalue weighted by Crippen LogP contribution is -2.34. The Morgan fingerprint density at radius 3 is 2.47 bits per heavy atom. The molecular formula is C11H12BrNO4. The van der Waals surface area contributed by atoms with Crippen molar-refractivity contribution < 1.29 is 19.1 Å². The van der Waals surface area contributed by atoms with E-state index in [1.807, 2.05) is 0 Å². The molecule has 0 aliphatic rings. The molecule has 0 heterocycles. The van der Waals surface area contributed by atoms with Crippen LogP contribution < -0.4 is 9.64 Å². The highest BCUT2D eigenvalue weighted by Gasteiger charge is 2.22. The van der Waals surface area contributed by atoms with Crippen LogP contribution in [0.3, 0.4) is 0 Å². The summed E-state index contributed by atoms with van der Waals surface area (Å²) in [6, 6.07) is 5.15. The van der Waals surface area contributed by atoms with Crippen molar-refractivity contribution in [2.45, 2.75) is 0 Å². The molecule has 0 atom stereocenters. The number of benzene rings is 1. The van der Waals surface area contributed by atoms with Crippen molar-refractivity contribution in [2.24, 2.45) is 0 Å². The topological polar surface area (TPSA) is 55.8 Å². The number of rotatable bonds is 2. The minimum absolute atomic E-state index is 0.484. The minimum Gasteiger partial charge on any atom is -0.495 e. The van der Waals surface area contributed by atoms with Gasteiger partial charge in [-0.2, -0.15) is 0 Å². The summed E-state index contributed by atoms with van der Waals surface area (Å²) in [6.07, 6.45) is 0. The Balaban J connectivity index is 3.10. The van der Waals surface area contributed by atoms with Gasteiger partial charge in [0.1, 0.15) is 5.75 Å². The van der Waals surface area contributed by atoms with Gasteiger partial charge >= 0.3 is 11.9 Å². The number of likely N-dealkylation sites (N-methyl/N-ethyl adjacent to an activating group) is 1. The molecule has 0 saturated carbocycles. The minimum atomic E-state index is -0.922. The van der Waals surface area contributed by atoms with Crippen LogP contribution in [-0.4, -0.2) is 33.1 Å². The van der Waals surface area contributed by atoms with Gasteiger partial charge in [0.15, 0.2) is 0 Å². The molecule has 17 heavy (non-hydrogen) atoms. The smallest absolute Gasteiger partial charge is 0.397 e. The third-order valence-electron chi connectivity index (χ3n) is 2.17.